The molecule has 3 atom stereocenters. The molecule has 0 aromatic carbocycles. The van der Waals surface area contributed by atoms with E-state index in [1.807, 2.05) is 0 Å². The first-order valence-corrected chi connectivity index (χ1v) is 8.19. The van der Waals surface area contributed by atoms with Crippen molar-refractivity contribution >= 4 is 18.7 Å². The maximum Gasteiger partial charge on any atom is 0.421 e. The van der Waals surface area contributed by atoms with E-state index in [4.69, 9.17) is 16.3 Å². The van der Waals surface area contributed by atoms with E-state index in [0.29, 0.717) is 5.92 Å². The van der Waals surface area contributed by atoms with Crippen molar-refractivity contribution in [1.29, 1.82) is 0 Å². The van der Waals surface area contributed by atoms with Crippen LogP contribution in [0, 0.1) is 11.8 Å². The van der Waals surface area contributed by atoms with E-state index in [1.54, 1.807) is 0 Å². The molecule has 1 saturated heterocycles. The Morgan fingerprint density at radius 3 is 2.73 bits per heavy atom. The van der Waals surface area contributed by atoms with Crippen LogP contribution in [0.3, 0.4) is 0 Å². The third-order valence-electron chi connectivity index (χ3n) is 3.77. The molecule has 3 heteroatoms. The highest BCUT2D eigenvalue weighted by Crippen LogP contribution is 2.56. The highest BCUT2D eigenvalue weighted by atomic mass is 32.4. The normalized spacial score (nSPS) is 36.9. The number of fused-ring (bicyclic) bond motifs is 3. The molecule has 0 N–H and O–H groups in total. The first-order chi connectivity index (χ1) is 7.36. The maximum atomic E-state index is 5.93. The van der Waals surface area contributed by atoms with Gasteiger partial charge in [0.15, 0.2) is 11.1 Å². The molecule has 1 nitrogen and oxygen atoms in total. The minimum absolute atomic E-state index is 0.673. The van der Waals surface area contributed by atoms with Crippen LogP contribution < -0.4 is 0 Å². The number of hydrogen-bond acceptors (Lipinski definition) is 2. The Morgan fingerprint density at radius 1 is 1.13 bits per heavy atom. The van der Waals surface area contributed by atoms with Crippen molar-refractivity contribution in [3.05, 3.63) is 23.2 Å². The highest BCUT2D eigenvalue weighted by Gasteiger charge is 2.46. The van der Waals surface area contributed by atoms with Crippen LogP contribution in [0.15, 0.2) is 23.2 Å². The summed E-state index contributed by atoms with van der Waals surface area (Å²) in [6.45, 7) is -0.716. The molecule has 3 aliphatic rings. The largest absolute Gasteiger partial charge is 0.421 e. The van der Waals surface area contributed by atoms with Crippen molar-refractivity contribution in [2.45, 2.75) is 38.5 Å². The summed E-state index contributed by atoms with van der Waals surface area (Å²) in [4.78, 5) is 0. The van der Waals surface area contributed by atoms with Gasteiger partial charge in [0.05, 0.1) is 0 Å². The first-order valence-electron chi connectivity index (χ1n) is 5.91. The van der Waals surface area contributed by atoms with Crippen LogP contribution >= 0.6 is 6.92 Å². The van der Waals surface area contributed by atoms with Crippen LogP contribution in [0.2, 0.25) is 0 Å². The molecule has 15 heavy (non-hydrogen) atoms. The summed E-state index contributed by atoms with van der Waals surface area (Å²) >= 11 is 5.49. The van der Waals surface area contributed by atoms with Crippen molar-refractivity contribution < 1.29 is 4.52 Å². The van der Waals surface area contributed by atoms with E-state index in [-0.39, 0.29) is 0 Å². The van der Waals surface area contributed by atoms with Crippen molar-refractivity contribution in [1.82, 2.24) is 0 Å². The van der Waals surface area contributed by atoms with E-state index in [1.165, 1.54) is 49.6 Å². The van der Waals surface area contributed by atoms with E-state index in [9.17, 15) is 0 Å². The molecule has 80 valence electrons. The quantitative estimate of drug-likeness (QED) is 0.585. The molecule has 3 unspecified atom stereocenters. The Hall–Kier alpha value is -0.200. The first kappa shape index (κ1) is 9.99. The van der Waals surface area contributed by atoms with E-state index in [0.717, 1.165) is 5.92 Å². The second-order valence-corrected chi connectivity index (χ2v) is 6.87. The molecule has 0 saturated carbocycles. The smallest absolute Gasteiger partial charge is 0.276 e. The molecule has 3 rings (SSSR count). The van der Waals surface area contributed by atoms with Gasteiger partial charge < -0.3 is 0 Å². The van der Waals surface area contributed by atoms with Gasteiger partial charge >= 0.3 is 6.92 Å². The van der Waals surface area contributed by atoms with Gasteiger partial charge in [0.25, 0.3) is 0 Å². The van der Waals surface area contributed by atoms with Crippen LogP contribution in [-0.4, -0.2) is 0 Å². The summed E-state index contributed by atoms with van der Waals surface area (Å²) in [6, 6.07) is 0. The third kappa shape index (κ3) is 1.68. The average molecular weight is 239 g/mol. The molecular weight excluding hydrogens is 223 g/mol. The lowest BCUT2D eigenvalue weighted by atomic mass is 9.78. The van der Waals surface area contributed by atoms with Crippen LogP contribution in [0.5, 0.6) is 0 Å². The summed E-state index contributed by atoms with van der Waals surface area (Å²) in [7, 11) is 0. The van der Waals surface area contributed by atoms with E-state index < -0.39 is 6.92 Å². The Bertz CT molecular complexity index is 359. The zero-order chi connectivity index (χ0) is 10.3. The topological polar surface area (TPSA) is 9.23 Å². The van der Waals surface area contributed by atoms with Gasteiger partial charge in [-0.3, -0.25) is 4.52 Å². The standard InChI is InChI=1S/C12H16OPS/c15-14-12-8-4-2-6-10(12)9-5-1-3-7-11(9)13-14/h7-10H,1-6H2/q+1. The Balaban J connectivity index is 1.98. The van der Waals surface area contributed by atoms with Crippen molar-refractivity contribution in [2.24, 2.45) is 11.8 Å². The van der Waals surface area contributed by atoms with Gasteiger partial charge in [0.1, 0.15) is 0 Å². The SMILES string of the molecule is S=[P+]1OC2=CCCCC2C2CCCC=C21. The van der Waals surface area contributed by atoms with Gasteiger partial charge in [-0.05, 0) is 50.7 Å². The fraction of sp³-hybridized carbons (Fsp3) is 0.667. The molecule has 0 bridgehead atoms. The van der Waals surface area contributed by atoms with Crippen LogP contribution in [0.25, 0.3) is 0 Å². The van der Waals surface area contributed by atoms with Gasteiger partial charge in [-0.15, -0.1) is 0 Å². The van der Waals surface area contributed by atoms with E-state index >= 15 is 0 Å². The Labute approximate surface area is 97.1 Å². The minimum atomic E-state index is -0.716. The average Bonchev–Trinajstić information content (AvgIpc) is 2.30. The molecule has 1 fully saturated rings. The molecule has 0 radical (unpaired) electrons. The summed E-state index contributed by atoms with van der Waals surface area (Å²) in [5, 5.41) is 1.48. The lowest BCUT2D eigenvalue weighted by Crippen LogP contribution is -2.26. The molecule has 0 spiro atoms. The fourth-order valence-corrected chi connectivity index (χ4v) is 5.29. The predicted molar refractivity (Wildman–Crippen MR) is 66.2 cm³/mol. The molecule has 1 heterocycles. The van der Waals surface area contributed by atoms with Crippen LogP contribution in [0.1, 0.15) is 38.5 Å². The Morgan fingerprint density at radius 2 is 1.87 bits per heavy atom. The van der Waals surface area contributed by atoms with Crippen LogP contribution in [0.4, 0.5) is 0 Å². The zero-order valence-corrected chi connectivity index (χ0v) is 10.5. The molecule has 0 aromatic rings. The molecule has 0 amide bonds. The molecular formula is C12H16OPS+. The van der Waals surface area contributed by atoms with Crippen molar-refractivity contribution in [3.8, 4) is 0 Å². The van der Waals surface area contributed by atoms with Gasteiger partial charge in [-0.1, -0.05) is 0 Å². The summed E-state index contributed by atoms with van der Waals surface area (Å²) in [6.07, 6.45) is 12.4. The molecule has 1 aliphatic heterocycles. The highest BCUT2D eigenvalue weighted by molar-refractivity contribution is 8.04. The number of hydrogen-bond donors (Lipinski definition) is 0. The van der Waals surface area contributed by atoms with Gasteiger partial charge in [-0.25, -0.2) is 0 Å². The molecule has 2 aliphatic carbocycles. The second-order valence-electron chi connectivity index (χ2n) is 4.66. The Kier molecular flexibility index (Phi) is 2.66. The third-order valence-corrected chi connectivity index (χ3v) is 5.94. The maximum absolute atomic E-state index is 5.93. The van der Waals surface area contributed by atoms with Crippen LogP contribution in [-0.2, 0) is 16.3 Å². The minimum Gasteiger partial charge on any atom is -0.276 e. The molecule has 0 aromatic heterocycles. The van der Waals surface area contributed by atoms with Crippen molar-refractivity contribution in [3.63, 3.8) is 0 Å². The lowest BCUT2D eigenvalue weighted by molar-refractivity contribution is 0.251. The van der Waals surface area contributed by atoms with Gasteiger partial charge in [-0.2, -0.15) is 0 Å². The fourth-order valence-electron chi connectivity index (χ4n) is 3.03. The monoisotopic (exact) mass is 239 g/mol. The van der Waals surface area contributed by atoms with Gasteiger partial charge in [0, 0.05) is 11.8 Å². The number of rotatable bonds is 0. The summed E-state index contributed by atoms with van der Waals surface area (Å²) in [5.41, 5.74) is 0. The predicted octanol–water partition coefficient (Wildman–Crippen LogP) is 4.24. The summed E-state index contributed by atoms with van der Waals surface area (Å²) in [5.74, 6) is 2.65. The number of allylic oxidation sites excluding steroid dienone is 4. The zero-order valence-electron chi connectivity index (χ0n) is 8.82. The van der Waals surface area contributed by atoms with E-state index in [2.05, 4.69) is 12.2 Å². The lowest BCUT2D eigenvalue weighted by Gasteiger charge is -2.33. The van der Waals surface area contributed by atoms with Crippen molar-refractivity contribution in [2.75, 3.05) is 0 Å². The summed E-state index contributed by atoms with van der Waals surface area (Å²) < 4.78 is 5.93. The van der Waals surface area contributed by atoms with Gasteiger partial charge in [0.2, 0.25) is 11.8 Å². The second kappa shape index (κ2) is 3.99.